The Kier molecular flexibility index (Phi) is 6.08. The molecular weight excluding hydrogens is 252 g/mol. The summed E-state index contributed by atoms with van der Waals surface area (Å²) >= 11 is 0. The van der Waals surface area contributed by atoms with Crippen molar-refractivity contribution in [3.8, 4) is 0 Å². The van der Waals surface area contributed by atoms with Gasteiger partial charge in [-0.15, -0.1) is 0 Å². The molecule has 0 aromatic heterocycles. The molecular formula is C12H24N2O3S. The van der Waals surface area contributed by atoms with Gasteiger partial charge in [-0.3, -0.25) is 4.79 Å². The number of hydrogen-bond donors (Lipinski definition) is 2. The van der Waals surface area contributed by atoms with E-state index >= 15 is 0 Å². The SMILES string of the molecule is CC(C)CS(=O)(=O)CC(=O)NCC1CCCNC1. The van der Waals surface area contributed by atoms with Crippen LogP contribution in [0.2, 0.25) is 0 Å². The van der Waals surface area contributed by atoms with E-state index in [-0.39, 0.29) is 23.3 Å². The molecule has 5 nitrogen and oxygen atoms in total. The van der Waals surface area contributed by atoms with Gasteiger partial charge < -0.3 is 10.6 Å². The Morgan fingerprint density at radius 3 is 2.72 bits per heavy atom. The van der Waals surface area contributed by atoms with Crippen LogP contribution in [-0.2, 0) is 14.6 Å². The van der Waals surface area contributed by atoms with E-state index in [1.807, 2.05) is 13.8 Å². The summed E-state index contributed by atoms with van der Waals surface area (Å²) in [5.41, 5.74) is 0. The van der Waals surface area contributed by atoms with Crippen LogP contribution in [0.4, 0.5) is 0 Å². The van der Waals surface area contributed by atoms with E-state index in [0.717, 1.165) is 25.9 Å². The molecule has 0 aliphatic carbocycles. The van der Waals surface area contributed by atoms with E-state index in [0.29, 0.717) is 12.5 Å². The molecule has 2 N–H and O–H groups in total. The minimum atomic E-state index is -3.26. The van der Waals surface area contributed by atoms with E-state index in [2.05, 4.69) is 10.6 Å². The second-order valence-corrected chi connectivity index (χ2v) is 7.57. The van der Waals surface area contributed by atoms with Crippen molar-refractivity contribution in [2.45, 2.75) is 26.7 Å². The predicted octanol–water partition coefficient (Wildman–Crippen LogP) is 0.173. The fourth-order valence-corrected chi connectivity index (χ4v) is 3.81. The first-order valence-corrected chi connectivity index (χ1v) is 8.39. The van der Waals surface area contributed by atoms with Crippen molar-refractivity contribution >= 4 is 15.7 Å². The van der Waals surface area contributed by atoms with E-state index in [1.165, 1.54) is 0 Å². The van der Waals surface area contributed by atoms with Crippen LogP contribution in [0.25, 0.3) is 0 Å². The van der Waals surface area contributed by atoms with Gasteiger partial charge in [-0.1, -0.05) is 13.8 Å². The summed E-state index contributed by atoms with van der Waals surface area (Å²) in [4.78, 5) is 11.6. The summed E-state index contributed by atoms with van der Waals surface area (Å²) in [6.45, 7) is 6.18. The van der Waals surface area contributed by atoms with Gasteiger partial charge in [0.15, 0.2) is 9.84 Å². The predicted molar refractivity (Wildman–Crippen MR) is 72.1 cm³/mol. The number of carbonyl (C=O) groups is 1. The fraction of sp³-hybridized carbons (Fsp3) is 0.917. The van der Waals surface area contributed by atoms with E-state index in [9.17, 15) is 13.2 Å². The number of carbonyl (C=O) groups excluding carboxylic acids is 1. The molecule has 6 heteroatoms. The maximum absolute atomic E-state index is 11.6. The molecule has 0 aromatic carbocycles. The van der Waals surface area contributed by atoms with Crippen molar-refractivity contribution < 1.29 is 13.2 Å². The van der Waals surface area contributed by atoms with Gasteiger partial charge in [-0.25, -0.2) is 8.42 Å². The molecule has 1 amide bonds. The molecule has 1 aliphatic rings. The number of nitrogens with one attached hydrogen (secondary N) is 2. The summed E-state index contributed by atoms with van der Waals surface area (Å²) in [5, 5.41) is 5.99. The summed E-state index contributed by atoms with van der Waals surface area (Å²) in [6.07, 6.45) is 2.21. The summed E-state index contributed by atoms with van der Waals surface area (Å²) in [5.74, 6) is -0.196. The Bertz CT molecular complexity index is 360. The van der Waals surface area contributed by atoms with Gasteiger partial charge in [0.05, 0.1) is 5.75 Å². The first-order chi connectivity index (χ1) is 8.39. The van der Waals surface area contributed by atoms with Crippen molar-refractivity contribution in [3.63, 3.8) is 0 Å². The summed E-state index contributed by atoms with van der Waals surface area (Å²) in [7, 11) is -3.26. The Labute approximate surface area is 110 Å². The zero-order valence-corrected chi connectivity index (χ0v) is 12.1. The van der Waals surface area contributed by atoms with Crippen molar-refractivity contribution in [2.24, 2.45) is 11.8 Å². The molecule has 1 heterocycles. The largest absolute Gasteiger partial charge is 0.355 e. The molecule has 1 aliphatic heterocycles. The lowest BCUT2D eigenvalue weighted by Crippen LogP contribution is -2.40. The highest BCUT2D eigenvalue weighted by Crippen LogP contribution is 2.08. The third-order valence-corrected chi connectivity index (χ3v) is 4.80. The minimum absolute atomic E-state index is 0.0605. The lowest BCUT2D eigenvalue weighted by Gasteiger charge is -2.22. The quantitative estimate of drug-likeness (QED) is 0.725. The third kappa shape index (κ3) is 6.35. The van der Waals surface area contributed by atoms with Gasteiger partial charge in [-0.2, -0.15) is 0 Å². The normalized spacial score (nSPS) is 20.9. The number of rotatable bonds is 6. The first-order valence-electron chi connectivity index (χ1n) is 6.57. The van der Waals surface area contributed by atoms with Crippen LogP contribution in [0.1, 0.15) is 26.7 Å². The van der Waals surface area contributed by atoms with Crippen molar-refractivity contribution in [1.82, 2.24) is 10.6 Å². The zero-order valence-electron chi connectivity index (χ0n) is 11.2. The van der Waals surface area contributed by atoms with Crippen LogP contribution in [0.3, 0.4) is 0 Å². The molecule has 0 radical (unpaired) electrons. The van der Waals surface area contributed by atoms with Crippen molar-refractivity contribution in [1.29, 1.82) is 0 Å². The van der Waals surface area contributed by atoms with Crippen LogP contribution in [0.5, 0.6) is 0 Å². The smallest absolute Gasteiger partial charge is 0.235 e. The van der Waals surface area contributed by atoms with Gasteiger partial charge in [0.25, 0.3) is 0 Å². The van der Waals surface area contributed by atoms with Gasteiger partial charge in [0.2, 0.25) is 5.91 Å². The fourth-order valence-electron chi connectivity index (χ4n) is 2.17. The first kappa shape index (κ1) is 15.4. The Morgan fingerprint density at radius 1 is 1.44 bits per heavy atom. The van der Waals surface area contributed by atoms with Gasteiger partial charge in [-0.05, 0) is 37.8 Å². The highest BCUT2D eigenvalue weighted by molar-refractivity contribution is 7.92. The standard InChI is InChI=1S/C12H24N2O3S/c1-10(2)8-18(16,17)9-12(15)14-7-11-4-3-5-13-6-11/h10-11,13H,3-9H2,1-2H3,(H,14,15). The van der Waals surface area contributed by atoms with Gasteiger partial charge in [0, 0.05) is 6.54 Å². The van der Waals surface area contributed by atoms with Crippen LogP contribution < -0.4 is 10.6 Å². The van der Waals surface area contributed by atoms with Crippen LogP contribution >= 0.6 is 0 Å². The number of hydrogen-bond acceptors (Lipinski definition) is 4. The average molecular weight is 276 g/mol. The highest BCUT2D eigenvalue weighted by atomic mass is 32.2. The summed E-state index contributed by atoms with van der Waals surface area (Å²) < 4.78 is 23.3. The molecule has 0 aromatic rings. The Hall–Kier alpha value is -0.620. The highest BCUT2D eigenvalue weighted by Gasteiger charge is 2.19. The van der Waals surface area contributed by atoms with Crippen LogP contribution in [-0.4, -0.2) is 45.5 Å². The molecule has 18 heavy (non-hydrogen) atoms. The molecule has 1 unspecified atom stereocenters. The molecule has 106 valence electrons. The van der Waals surface area contributed by atoms with Crippen molar-refractivity contribution in [3.05, 3.63) is 0 Å². The van der Waals surface area contributed by atoms with Crippen LogP contribution in [0, 0.1) is 11.8 Å². The molecule has 1 atom stereocenters. The molecule has 1 fully saturated rings. The van der Waals surface area contributed by atoms with Crippen molar-refractivity contribution in [2.75, 3.05) is 31.1 Å². The Morgan fingerprint density at radius 2 is 2.17 bits per heavy atom. The number of sulfone groups is 1. The van der Waals surface area contributed by atoms with E-state index < -0.39 is 9.84 Å². The second kappa shape index (κ2) is 7.09. The second-order valence-electron chi connectivity index (χ2n) is 5.46. The topological polar surface area (TPSA) is 75.3 Å². The summed E-state index contributed by atoms with van der Waals surface area (Å²) in [6, 6.07) is 0. The van der Waals surface area contributed by atoms with Crippen LogP contribution in [0.15, 0.2) is 0 Å². The number of piperidine rings is 1. The number of amides is 1. The molecule has 1 rings (SSSR count). The minimum Gasteiger partial charge on any atom is -0.355 e. The maximum Gasteiger partial charge on any atom is 0.235 e. The molecule has 1 saturated heterocycles. The molecule has 0 spiro atoms. The van der Waals surface area contributed by atoms with Gasteiger partial charge >= 0.3 is 0 Å². The average Bonchev–Trinajstić information content (AvgIpc) is 2.25. The monoisotopic (exact) mass is 276 g/mol. The van der Waals surface area contributed by atoms with Gasteiger partial charge in [0.1, 0.15) is 5.75 Å². The molecule has 0 bridgehead atoms. The lowest BCUT2D eigenvalue weighted by molar-refractivity contribution is -0.118. The Balaban J connectivity index is 2.28. The van der Waals surface area contributed by atoms with E-state index in [4.69, 9.17) is 0 Å². The third-order valence-electron chi connectivity index (χ3n) is 2.93. The lowest BCUT2D eigenvalue weighted by atomic mass is 10.00. The molecule has 0 saturated carbocycles. The van der Waals surface area contributed by atoms with E-state index in [1.54, 1.807) is 0 Å². The maximum atomic E-state index is 11.6. The zero-order chi connectivity index (χ0) is 13.6.